The van der Waals surface area contributed by atoms with Crippen molar-refractivity contribution in [2.45, 2.75) is 18.9 Å². The van der Waals surface area contributed by atoms with Gasteiger partial charge in [0.05, 0.1) is 12.6 Å². The fourth-order valence-corrected chi connectivity index (χ4v) is 2.47. The molecule has 0 radical (unpaired) electrons. The lowest BCUT2D eigenvalue weighted by Gasteiger charge is -2.28. The van der Waals surface area contributed by atoms with Crippen LogP contribution in [0.25, 0.3) is 0 Å². The highest BCUT2D eigenvalue weighted by Crippen LogP contribution is 2.12. The van der Waals surface area contributed by atoms with Crippen molar-refractivity contribution in [3.63, 3.8) is 0 Å². The summed E-state index contributed by atoms with van der Waals surface area (Å²) in [5.41, 5.74) is 1.20. The summed E-state index contributed by atoms with van der Waals surface area (Å²) in [5, 5.41) is 3.00. The lowest BCUT2D eigenvalue weighted by molar-refractivity contribution is -0.125. The van der Waals surface area contributed by atoms with Crippen molar-refractivity contribution in [2.75, 3.05) is 33.4 Å². The Morgan fingerprint density at radius 1 is 1.37 bits per heavy atom. The third-order valence-electron chi connectivity index (χ3n) is 3.52. The molecule has 0 saturated carbocycles. The van der Waals surface area contributed by atoms with Gasteiger partial charge >= 0.3 is 0 Å². The van der Waals surface area contributed by atoms with Crippen LogP contribution < -0.4 is 5.32 Å². The highest BCUT2D eigenvalue weighted by Gasteiger charge is 2.27. The molecule has 19 heavy (non-hydrogen) atoms. The van der Waals surface area contributed by atoms with E-state index in [4.69, 9.17) is 4.74 Å². The molecule has 0 bridgehead atoms. The quantitative estimate of drug-likeness (QED) is 0.863. The predicted octanol–water partition coefficient (Wildman–Crippen LogP) is 1.07. The van der Waals surface area contributed by atoms with Gasteiger partial charge in [-0.05, 0) is 18.4 Å². The second-order valence-corrected chi connectivity index (χ2v) is 4.88. The fourth-order valence-electron chi connectivity index (χ4n) is 2.47. The van der Waals surface area contributed by atoms with Crippen LogP contribution in [0.4, 0.5) is 0 Å². The lowest BCUT2D eigenvalue weighted by atomic mass is 10.0. The minimum atomic E-state index is -0.0833. The van der Waals surface area contributed by atoms with Crippen LogP contribution in [0.1, 0.15) is 12.0 Å². The van der Waals surface area contributed by atoms with E-state index in [1.165, 1.54) is 5.56 Å². The molecule has 1 fully saturated rings. The number of carbonyl (C=O) groups excluding carboxylic acids is 1. The third kappa shape index (κ3) is 4.04. The van der Waals surface area contributed by atoms with E-state index in [2.05, 4.69) is 22.3 Å². The molecule has 2 rings (SSSR count). The Hall–Kier alpha value is -1.39. The van der Waals surface area contributed by atoms with Gasteiger partial charge < -0.3 is 10.1 Å². The number of hydrogen-bond acceptors (Lipinski definition) is 3. The summed E-state index contributed by atoms with van der Waals surface area (Å²) in [5.74, 6) is 0.137. The summed E-state index contributed by atoms with van der Waals surface area (Å²) < 4.78 is 5.15. The van der Waals surface area contributed by atoms with Crippen molar-refractivity contribution >= 4 is 5.91 Å². The van der Waals surface area contributed by atoms with Crippen molar-refractivity contribution in [3.8, 4) is 0 Å². The fraction of sp³-hybridized carbons (Fsp3) is 0.533. The van der Waals surface area contributed by atoms with Gasteiger partial charge in [-0.25, -0.2) is 0 Å². The number of benzene rings is 1. The number of hydrogen-bond donors (Lipinski definition) is 1. The second-order valence-electron chi connectivity index (χ2n) is 4.88. The molecule has 1 unspecified atom stereocenters. The first-order chi connectivity index (χ1) is 9.31. The van der Waals surface area contributed by atoms with E-state index in [0.29, 0.717) is 6.61 Å². The monoisotopic (exact) mass is 262 g/mol. The van der Waals surface area contributed by atoms with E-state index >= 15 is 0 Å². The van der Waals surface area contributed by atoms with Gasteiger partial charge in [0.15, 0.2) is 0 Å². The van der Waals surface area contributed by atoms with Crippen LogP contribution in [0.5, 0.6) is 0 Å². The van der Waals surface area contributed by atoms with Crippen LogP contribution in [0.3, 0.4) is 0 Å². The largest absolute Gasteiger partial charge is 0.383 e. The maximum Gasteiger partial charge on any atom is 0.237 e. The summed E-state index contributed by atoms with van der Waals surface area (Å²) in [6.07, 6.45) is 1.76. The van der Waals surface area contributed by atoms with Crippen LogP contribution in [0, 0.1) is 0 Å². The molecule has 1 aromatic rings. The van der Waals surface area contributed by atoms with Crippen LogP contribution >= 0.6 is 0 Å². The molecule has 1 saturated heterocycles. The van der Waals surface area contributed by atoms with Crippen LogP contribution in [-0.2, 0) is 16.0 Å². The van der Waals surface area contributed by atoms with Gasteiger partial charge in [0.25, 0.3) is 0 Å². The lowest BCUT2D eigenvalue weighted by Crippen LogP contribution is -2.46. The number of nitrogens with zero attached hydrogens (tertiary/aromatic N) is 1. The summed E-state index contributed by atoms with van der Waals surface area (Å²) in [6.45, 7) is 3.19. The van der Waals surface area contributed by atoms with E-state index in [1.54, 1.807) is 7.11 Å². The van der Waals surface area contributed by atoms with E-state index in [0.717, 1.165) is 32.5 Å². The van der Waals surface area contributed by atoms with E-state index < -0.39 is 0 Å². The molecule has 0 aliphatic carbocycles. The zero-order chi connectivity index (χ0) is 13.5. The van der Waals surface area contributed by atoms with Gasteiger partial charge in [-0.15, -0.1) is 0 Å². The molecule has 4 heteroatoms. The zero-order valence-electron chi connectivity index (χ0n) is 11.5. The van der Waals surface area contributed by atoms with E-state index in [1.807, 2.05) is 18.2 Å². The third-order valence-corrected chi connectivity index (χ3v) is 3.52. The first kappa shape index (κ1) is 14.0. The summed E-state index contributed by atoms with van der Waals surface area (Å²) >= 11 is 0. The topological polar surface area (TPSA) is 41.6 Å². The first-order valence-electron chi connectivity index (χ1n) is 6.86. The number of rotatable bonds is 5. The summed E-state index contributed by atoms with van der Waals surface area (Å²) in [4.78, 5) is 14.4. The Labute approximate surface area is 114 Å². The van der Waals surface area contributed by atoms with Gasteiger partial charge in [0, 0.05) is 26.7 Å². The average molecular weight is 262 g/mol. The van der Waals surface area contributed by atoms with Crippen molar-refractivity contribution in [2.24, 2.45) is 0 Å². The standard InChI is InChI=1S/C15H22N2O2/c1-19-11-10-17-9-5-8-16-15(18)14(17)12-13-6-3-2-4-7-13/h2-4,6-7,14H,5,8-12H2,1H3,(H,16,18). The Morgan fingerprint density at radius 2 is 2.16 bits per heavy atom. The van der Waals surface area contributed by atoms with Gasteiger partial charge in [0.1, 0.15) is 0 Å². The minimum Gasteiger partial charge on any atom is -0.383 e. The van der Waals surface area contributed by atoms with Crippen molar-refractivity contribution in [3.05, 3.63) is 35.9 Å². The molecular weight excluding hydrogens is 240 g/mol. The van der Waals surface area contributed by atoms with Crippen molar-refractivity contribution < 1.29 is 9.53 Å². The average Bonchev–Trinajstić information content (AvgIpc) is 2.61. The SMILES string of the molecule is COCCN1CCCNC(=O)C1Cc1ccccc1. The number of ether oxygens (including phenoxy) is 1. The summed E-state index contributed by atoms with van der Waals surface area (Å²) in [6, 6.07) is 10.1. The molecule has 1 amide bonds. The van der Waals surface area contributed by atoms with Gasteiger partial charge in [0.2, 0.25) is 5.91 Å². The minimum absolute atomic E-state index is 0.0833. The highest BCUT2D eigenvalue weighted by atomic mass is 16.5. The van der Waals surface area contributed by atoms with E-state index in [9.17, 15) is 4.79 Å². The molecule has 1 N–H and O–H groups in total. The molecular formula is C15H22N2O2. The second kappa shape index (κ2) is 7.26. The van der Waals surface area contributed by atoms with Crippen LogP contribution in [-0.4, -0.2) is 50.2 Å². The van der Waals surface area contributed by atoms with Crippen LogP contribution in [0.2, 0.25) is 0 Å². The normalized spacial score (nSPS) is 20.9. The predicted molar refractivity (Wildman–Crippen MR) is 75.0 cm³/mol. The number of nitrogens with one attached hydrogen (secondary N) is 1. The number of amides is 1. The Morgan fingerprint density at radius 3 is 2.89 bits per heavy atom. The molecule has 4 nitrogen and oxygen atoms in total. The van der Waals surface area contributed by atoms with Gasteiger partial charge in [-0.1, -0.05) is 30.3 Å². The maximum absolute atomic E-state index is 12.2. The summed E-state index contributed by atoms with van der Waals surface area (Å²) in [7, 11) is 1.70. The molecule has 1 aliphatic heterocycles. The highest BCUT2D eigenvalue weighted by molar-refractivity contribution is 5.82. The molecule has 0 spiro atoms. The van der Waals surface area contributed by atoms with E-state index in [-0.39, 0.29) is 11.9 Å². The number of carbonyl (C=O) groups is 1. The Bertz CT molecular complexity index is 394. The van der Waals surface area contributed by atoms with Crippen LogP contribution in [0.15, 0.2) is 30.3 Å². The zero-order valence-corrected chi connectivity index (χ0v) is 11.5. The Kier molecular flexibility index (Phi) is 5.36. The van der Waals surface area contributed by atoms with Crippen molar-refractivity contribution in [1.82, 2.24) is 10.2 Å². The molecule has 1 aromatic carbocycles. The first-order valence-corrected chi connectivity index (χ1v) is 6.86. The van der Waals surface area contributed by atoms with Gasteiger partial charge in [-0.3, -0.25) is 9.69 Å². The smallest absolute Gasteiger partial charge is 0.237 e. The number of methoxy groups -OCH3 is 1. The molecule has 0 aromatic heterocycles. The molecule has 1 atom stereocenters. The Balaban J connectivity index is 2.07. The molecule has 104 valence electrons. The van der Waals surface area contributed by atoms with Crippen molar-refractivity contribution in [1.29, 1.82) is 0 Å². The molecule has 1 aliphatic rings. The molecule has 1 heterocycles. The van der Waals surface area contributed by atoms with Gasteiger partial charge in [-0.2, -0.15) is 0 Å². The maximum atomic E-state index is 12.2.